The highest BCUT2D eigenvalue weighted by molar-refractivity contribution is 6.93. The fourth-order valence-corrected chi connectivity index (χ4v) is 11.2. The Morgan fingerprint density at radius 3 is 1.82 bits per heavy atom. The van der Waals surface area contributed by atoms with Crippen LogP contribution in [0.5, 0.6) is 0 Å². The minimum absolute atomic E-state index is 0.0566. The molecule has 8 aromatic rings. The van der Waals surface area contributed by atoms with Gasteiger partial charge in [-0.15, -0.1) is 0 Å². The molecule has 4 aliphatic rings. The summed E-state index contributed by atoms with van der Waals surface area (Å²) in [6.07, 6.45) is 0. The number of aryl methyl sites for hydroxylation is 1. The van der Waals surface area contributed by atoms with Crippen LogP contribution < -0.4 is 20.6 Å². The second-order valence-electron chi connectivity index (χ2n) is 16.5. The lowest BCUT2D eigenvalue weighted by Gasteiger charge is -2.52. The highest BCUT2D eigenvalue weighted by atomic mass is 15.2. The maximum Gasteiger partial charge on any atom is 0.333 e. The summed E-state index contributed by atoms with van der Waals surface area (Å²) in [5, 5.41) is 0. The van der Waals surface area contributed by atoms with E-state index < -0.39 is 5.41 Å². The molecule has 3 heterocycles. The first-order valence-electron chi connectivity index (χ1n) is 19.9. The van der Waals surface area contributed by atoms with Crippen LogP contribution in [0.3, 0.4) is 0 Å². The van der Waals surface area contributed by atoms with Gasteiger partial charge in [-0.1, -0.05) is 166 Å². The quantitative estimate of drug-likeness (QED) is 0.168. The molecule has 0 unspecified atom stereocenters. The molecule has 0 fully saturated rings. The summed E-state index contributed by atoms with van der Waals surface area (Å²) < 4.78 is 0. The zero-order chi connectivity index (χ0) is 37.3. The number of rotatable bonds is 3. The number of nitrogens with zero attached hydrogens (tertiary/aromatic N) is 2. The van der Waals surface area contributed by atoms with E-state index in [1.165, 1.54) is 101 Å². The highest BCUT2D eigenvalue weighted by Gasteiger charge is 2.53. The first-order valence-corrected chi connectivity index (χ1v) is 19.9. The number of anilines is 5. The number of para-hydroxylation sites is 3. The van der Waals surface area contributed by atoms with E-state index in [0.717, 1.165) is 0 Å². The van der Waals surface area contributed by atoms with E-state index in [1.807, 2.05) is 0 Å². The first-order chi connectivity index (χ1) is 27.5. The molecule has 0 aromatic heterocycles. The van der Waals surface area contributed by atoms with Gasteiger partial charge in [0, 0.05) is 33.7 Å². The van der Waals surface area contributed by atoms with Gasteiger partial charge in [0.05, 0.1) is 11.1 Å². The van der Waals surface area contributed by atoms with Crippen molar-refractivity contribution in [3.8, 4) is 22.3 Å². The van der Waals surface area contributed by atoms with Crippen LogP contribution in [0.2, 0.25) is 0 Å². The van der Waals surface area contributed by atoms with E-state index in [4.69, 9.17) is 0 Å². The van der Waals surface area contributed by atoms with Crippen molar-refractivity contribution in [2.24, 2.45) is 0 Å². The third kappa shape index (κ3) is 3.87. The van der Waals surface area contributed by atoms with Gasteiger partial charge in [0.1, 0.15) is 0 Å². The highest BCUT2D eigenvalue weighted by Crippen LogP contribution is 2.61. The Kier molecular flexibility index (Phi) is 6.37. The molecule has 3 aliphatic heterocycles. The molecule has 2 nitrogen and oxygen atoms in total. The zero-order valence-corrected chi connectivity index (χ0v) is 31.8. The lowest BCUT2D eigenvalue weighted by atomic mass is 9.42. The van der Waals surface area contributed by atoms with Gasteiger partial charge in [-0.2, -0.15) is 0 Å². The second-order valence-corrected chi connectivity index (χ2v) is 16.5. The van der Waals surface area contributed by atoms with Gasteiger partial charge in [-0.3, -0.25) is 0 Å². The fourth-order valence-electron chi connectivity index (χ4n) is 11.2. The van der Waals surface area contributed by atoms with Crippen molar-refractivity contribution in [2.75, 3.05) is 9.71 Å². The van der Waals surface area contributed by atoms with Gasteiger partial charge in [-0.05, 0) is 104 Å². The van der Waals surface area contributed by atoms with Gasteiger partial charge in [0.15, 0.2) is 0 Å². The number of fused-ring (bicyclic) bond motifs is 10. The lowest BCUT2D eigenvalue weighted by molar-refractivity contribution is 0.660. The van der Waals surface area contributed by atoms with Crippen LogP contribution in [0.4, 0.5) is 28.4 Å². The fraction of sp³-hybridized carbons (Fsp3) is 0.0943. The van der Waals surface area contributed by atoms with Crippen molar-refractivity contribution in [3.63, 3.8) is 0 Å². The van der Waals surface area contributed by atoms with Crippen LogP contribution in [-0.4, -0.2) is 6.85 Å². The second kappa shape index (κ2) is 11.2. The molecular weight excluding hydrogens is 675 g/mol. The Hall–Kier alpha value is -6.58. The topological polar surface area (TPSA) is 6.48 Å². The van der Waals surface area contributed by atoms with Crippen LogP contribution in [0, 0.1) is 6.92 Å². The number of benzene rings is 8. The third-order valence-electron chi connectivity index (χ3n) is 13.3. The molecule has 56 heavy (non-hydrogen) atoms. The summed E-state index contributed by atoms with van der Waals surface area (Å²) in [6.45, 7) is 7.01. The van der Waals surface area contributed by atoms with E-state index >= 15 is 0 Å². The molecule has 0 N–H and O–H groups in total. The van der Waals surface area contributed by atoms with Gasteiger partial charge in [0.2, 0.25) is 0 Å². The molecule has 8 aromatic carbocycles. The van der Waals surface area contributed by atoms with Crippen LogP contribution in [0.25, 0.3) is 22.3 Å². The molecular formula is C53H39BN2. The minimum Gasteiger partial charge on any atom is -0.376 e. The normalized spacial score (nSPS) is 15.6. The molecule has 0 saturated heterocycles. The van der Waals surface area contributed by atoms with Crippen molar-refractivity contribution in [3.05, 3.63) is 221 Å². The zero-order valence-electron chi connectivity index (χ0n) is 31.8. The van der Waals surface area contributed by atoms with Crippen LogP contribution in [0.1, 0.15) is 52.8 Å². The molecule has 0 saturated carbocycles. The SMILES string of the molecule is Cc1cc2c3c(c1)N1c4ccccc4C(c4ccccc4)(c4ccccc4)c4cccc(c41)B3N(c1ccccc1)c1ccc3c(c1-2)-c1ccccc1C3(C)C. The Labute approximate surface area is 329 Å². The molecule has 0 spiro atoms. The number of hydrogen-bond donors (Lipinski definition) is 0. The van der Waals surface area contributed by atoms with E-state index in [9.17, 15) is 0 Å². The molecule has 0 atom stereocenters. The average molecular weight is 715 g/mol. The summed E-state index contributed by atoms with van der Waals surface area (Å²) in [5.74, 6) is 0. The van der Waals surface area contributed by atoms with Gasteiger partial charge in [-0.25, -0.2) is 0 Å². The van der Waals surface area contributed by atoms with E-state index in [2.05, 4.69) is 212 Å². The van der Waals surface area contributed by atoms with E-state index in [0.29, 0.717) is 0 Å². The lowest BCUT2D eigenvalue weighted by Crippen LogP contribution is -2.62. The maximum absolute atomic E-state index is 2.66. The summed E-state index contributed by atoms with van der Waals surface area (Å²) in [5.41, 5.74) is 22.9. The van der Waals surface area contributed by atoms with Gasteiger partial charge >= 0.3 is 6.85 Å². The summed E-state index contributed by atoms with van der Waals surface area (Å²) in [7, 11) is 0. The third-order valence-corrected chi connectivity index (χ3v) is 13.3. The Morgan fingerprint density at radius 1 is 0.464 bits per heavy atom. The van der Waals surface area contributed by atoms with Crippen LogP contribution in [0.15, 0.2) is 182 Å². The first kappa shape index (κ1) is 31.7. The van der Waals surface area contributed by atoms with Gasteiger partial charge < -0.3 is 9.71 Å². The van der Waals surface area contributed by atoms with Crippen molar-refractivity contribution in [2.45, 2.75) is 31.6 Å². The van der Waals surface area contributed by atoms with E-state index in [-0.39, 0.29) is 12.3 Å². The van der Waals surface area contributed by atoms with Crippen LogP contribution in [-0.2, 0) is 10.8 Å². The average Bonchev–Trinajstić information content (AvgIpc) is 3.48. The smallest absolute Gasteiger partial charge is 0.333 e. The van der Waals surface area contributed by atoms with Gasteiger partial charge in [0.25, 0.3) is 0 Å². The molecule has 264 valence electrons. The number of hydrogen-bond acceptors (Lipinski definition) is 2. The Morgan fingerprint density at radius 2 is 1.09 bits per heavy atom. The predicted molar refractivity (Wildman–Crippen MR) is 234 cm³/mol. The molecule has 0 amide bonds. The Bertz CT molecular complexity index is 2870. The van der Waals surface area contributed by atoms with Crippen molar-refractivity contribution in [1.82, 2.24) is 0 Å². The summed E-state index contributed by atoms with van der Waals surface area (Å²) in [6, 6.07) is 68.6. The standard InChI is InChI=1S/C53H39BN2/c1-34-32-39-49-46(31-30-42-48(49)38-24-13-14-25-40(38)52(42,2)3)56(37-22-11-6-12-23-37)54-44-28-17-27-43-51(44)55(47(33-34)50(39)54)45-29-16-15-26-41(45)53(43,35-18-7-4-8-19-35)36-20-9-5-10-21-36/h4-33H,1-3H3. The summed E-state index contributed by atoms with van der Waals surface area (Å²) >= 11 is 0. The van der Waals surface area contributed by atoms with Crippen LogP contribution >= 0.6 is 0 Å². The van der Waals surface area contributed by atoms with E-state index in [1.54, 1.807) is 0 Å². The summed E-state index contributed by atoms with van der Waals surface area (Å²) in [4.78, 5) is 5.28. The maximum atomic E-state index is 2.66. The van der Waals surface area contributed by atoms with Crippen molar-refractivity contribution in [1.29, 1.82) is 0 Å². The molecule has 3 heteroatoms. The minimum atomic E-state index is -0.536. The molecule has 0 bridgehead atoms. The molecule has 0 radical (unpaired) electrons. The molecule has 1 aliphatic carbocycles. The Balaban J connectivity index is 1.25. The molecule has 12 rings (SSSR count). The monoisotopic (exact) mass is 714 g/mol. The largest absolute Gasteiger partial charge is 0.376 e. The predicted octanol–water partition coefficient (Wildman–Crippen LogP) is 11.7. The van der Waals surface area contributed by atoms with Crippen molar-refractivity contribution >= 4 is 46.2 Å². The van der Waals surface area contributed by atoms with Crippen molar-refractivity contribution < 1.29 is 0 Å².